The molecule has 1 aromatic rings. The summed E-state index contributed by atoms with van der Waals surface area (Å²) in [5.41, 5.74) is 2.15. The van der Waals surface area contributed by atoms with Crippen LogP contribution in [0, 0.1) is 11.8 Å². The number of aryl methyl sites for hydroxylation is 1. The predicted molar refractivity (Wildman–Crippen MR) is 120 cm³/mol. The van der Waals surface area contributed by atoms with E-state index in [9.17, 15) is 14.4 Å². The zero-order chi connectivity index (χ0) is 21.7. The lowest BCUT2D eigenvalue weighted by molar-refractivity contribution is -0.407. The summed E-state index contributed by atoms with van der Waals surface area (Å²) in [6, 6.07) is 7.60. The van der Waals surface area contributed by atoms with Crippen molar-refractivity contribution >= 4 is 52.0 Å². The number of imide groups is 1. The molecular weight excluding hydrogens is 414 g/mol. The van der Waals surface area contributed by atoms with E-state index in [0.29, 0.717) is 23.3 Å². The second-order valence-electron chi connectivity index (χ2n) is 8.29. The summed E-state index contributed by atoms with van der Waals surface area (Å²) in [7, 11) is 3.10. The Balaban J connectivity index is 1.41. The van der Waals surface area contributed by atoms with Gasteiger partial charge in [0.05, 0.1) is 19.8 Å². The number of nitrogens with zero attached hydrogens (tertiary/aromatic N) is 5. The molecule has 0 spiro atoms. The van der Waals surface area contributed by atoms with Crippen LogP contribution < -0.4 is 4.90 Å². The normalized spacial score (nSPS) is 23.4. The molecule has 1 fully saturated rings. The highest BCUT2D eigenvalue weighted by Crippen LogP contribution is 2.35. The minimum absolute atomic E-state index is 0.00192. The van der Waals surface area contributed by atoms with Crippen molar-refractivity contribution in [3.8, 4) is 0 Å². The monoisotopic (exact) mass is 438 g/mol. The molecule has 3 aliphatic heterocycles. The predicted octanol–water partition coefficient (Wildman–Crippen LogP) is 2.17. The largest absolute Gasteiger partial charge is 0.445 e. The molecule has 3 heterocycles. The average Bonchev–Trinajstić information content (AvgIpc) is 3.64. The van der Waals surface area contributed by atoms with Crippen LogP contribution in [-0.4, -0.2) is 70.4 Å². The minimum atomic E-state index is -0.735. The molecule has 0 radical (unpaired) electrons. The number of anilines is 1. The Labute approximate surface area is 184 Å². The first-order chi connectivity index (χ1) is 15.0. The van der Waals surface area contributed by atoms with Crippen molar-refractivity contribution in [3.63, 3.8) is 0 Å². The summed E-state index contributed by atoms with van der Waals surface area (Å²) >= 11 is 1.29. The van der Waals surface area contributed by atoms with Crippen LogP contribution in [0.5, 0.6) is 0 Å². The lowest BCUT2D eigenvalue weighted by Crippen LogP contribution is -2.55. The fourth-order valence-electron chi connectivity index (χ4n) is 4.24. The van der Waals surface area contributed by atoms with Crippen molar-refractivity contribution < 1.29 is 19.0 Å². The molecule has 1 saturated carbocycles. The van der Waals surface area contributed by atoms with Crippen molar-refractivity contribution in [2.75, 3.05) is 31.3 Å². The van der Waals surface area contributed by atoms with Crippen molar-refractivity contribution in [2.24, 2.45) is 21.8 Å². The van der Waals surface area contributed by atoms with E-state index >= 15 is 0 Å². The zero-order valence-corrected chi connectivity index (χ0v) is 18.4. The van der Waals surface area contributed by atoms with E-state index in [1.54, 1.807) is 7.05 Å². The number of benzene rings is 1. The molecule has 0 saturated heterocycles. The number of hydrogen-bond donors (Lipinski definition) is 0. The first-order valence-corrected chi connectivity index (χ1v) is 11.5. The van der Waals surface area contributed by atoms with Crippen LogP contribution in [0.25, 0.3) is 0 Å². The van der Waals surface area contributed by atoms with Crippen molar-refractivity contribution in [3.05, 3.63) is 29.8 Å². The Morgan fingerprint density at radius 1 is 1.23 bits per heavy atom. The second-order valence-corrected chi connectivity index (χ2v) is 9.29. The Morgan fingerprint density at radius 2 is 2.00 bits per heavy atom. The van der Waals surface area contributed by atoms with E-state index in [4.69, 9.17) is 0 Å². The van der Waals surface area contributed by atoms with Crippen molar-refractivity contribution in [2.45, 2.75) is 25.7 Å². The highest BCUT2D eigenvalue weighted by Gasteiger charge is 2.50. The molecule has 8 nitrogen and oxygen atoms in total. The number of carbonyl (C=O) groups excluding carboxylic acids is 3. The Morgan fingerprint density at radius 3 is 2.77 bits per heavy atom. The molecule has 31 heavy (non-hydrogen) atoms. The van der Waals surface area contributed by atoms with E-state index in [2.05, 4.69) is 16.1 Å². The van der Waals surface area contributed by atoms with E-state index in [-0.39, 0.29) is 23.5 Å². The number of amides is 4. The molecule has 1 aliphatic carbocycles. The van der Waals surface area contributed by atoms with Gasteiger partial charge in [-0.05, 0) is 37.3 Å². The minimum Gasteiger partial charge on any atom is -0.311 e. The van der Waals surface area contributed by atoms with Gasteiger partial charge >= 0.3 is 11.9 Å². The van der Waals surface area contributed by atoms with Gasteiger partial charge in [-0.15, -0.1) is 0 Å². The highest BCUT2D eigenvalue weighted by atomic mass is 32.2. The number of rotatable bonds is 3. The van der Waals surface area contributed by atoms with Gasteiger partial charge in [-0.2, -0.15) is 9.48 Å². The molecule has 9 heteroatoms. The molecule has 160 valence electrons. The number of aliphatic imine (C=N–C) groups is 2. The standard InChI is InChI=1S/C22H24N5O3S/c1-25-19-17(21(29)26(2)22(25)30)20(24-18(23-19)14-9-10-14)31-12-16(28)27-11-5-7-13-6-3-4-8-15(13)27/h3-4,6,8,14,17H,5,7,9-12H2,1-2H3/q+1. The fourth-order valence-corrected chi connectivity index (χ4v) is 5.19. The van der Waals surface area contributed by atoms with Crippen LogP contribution in [0.1, 0.15) is 24.8 Å². The average molecular weight is 439 g/mol. The zero-order valence-electron chi connectivity index (χ0n) is 17.6. The third-order valence-corrected chi connectivity index (χ3v) is 7.17. The smallest absolute Gasteiger partial charge is 0.311 e. The SMILES string of the molecule is CN1C(=O)C2C(SCC(=O)N3CCCc4ccccc43)=NC(C3CC3)=NC2=[N+](C)C1=O. The summed E-state index contributed by atoms with van der Waals surface area (Å²) in [6.07, 6.45) is 3.92. The molecule has 1 unspecified atom stereocenters. The van der Waals surface area contributed by atoms with Crippen molar-refractivity contribution in [1.29, 1.82) is 0 Å². The fraction of sp³-hybridized carbons (Fsp3) is 0.455. The molecule has 0 aromatic heterocycles. The molecule has 4 amide bonds. The third kappa shape index (κ3) is 3.50. The first kappa shape index (κ1) is 20.1. The molecule has 1 aromatic carbocycles. The quantitative estimate of drug-likeness (QED) is 0.677. The van der Waals surface area contributed by atoms with E-state index in [1.165, 1.54) is 28.9 Å². The van der Waals surface area contributed by atoms with Crippen molar-refractivity contribution in [1.82, 2.24) is 4.90 Å². The van der Waals surface area contributed by atoms with E-state index in [1.807, 2.05) is 23.1 Å². The Bertz CT molecular complexity index is 1090. The third-order valence-electron chi connectivity index (χ3n) is 6.15. The summed E-state index contributed by atoms with van der Waals surface area (Å²) in [4.78, 5) is 50.6. The van der Waals surface area contributed by atoms with Gasteiger partial charge in [0.25, 0.3) is 5.84 Å². The van der Waals surface area contributed by atoms with E-state index in [0.717, 1.165) is 36.3 Å². The van der Waals surface area contributed by atoms with Gasteiger partial charge in [0.1, 0.15) is 5.04 Å². The van der Waals surface area contributed by atoms with Crippen LogP contribution in [0.15, 0.2) is 34.3 Å². The lowest BCUT2D eigenvalue weighted by atomic mass is 10.0. The number of thioether (sulfide) groups is 1. The maximum atomic E-state index is 13.1. The molecule has 1 atom stereocenters. The van der Waals surface area contributed by atoms with Crippen LogP contribution in [-0.2, 0) is 16.0 Å². The van der Waals surface area contributed by atoms with Crippen LogP contribution >= 0.6 is 11.8 Å². The molecule has 4 aliphatic rings. The number of urea groups is 1. The highest BCUT2D eigenvalue weighted by molar-refractivity contribution is 8.14. The first-order valence-electron chi connectivity index (χ1n) is 10.6. The number of carbonyl (C=O) groups is 3. The van der Waals surface area contributed by atoms with Gasteiger partial charge in [-0.1, -0.05) is 35.0 Å². The number of amidine groups is 2. The maximum Gasteiger partial charge on any atom is 0.445 e. The molecule has 5 rings (SSSR count). The van der Waals surface area contributed by atoms with Crippen LogP contribution in [0.4, 0.5) is 10.5 Å². The second kappa shape index (κ2) is 7.71. The number of fused-ring (bicyclic) bond motifs is 2. The lowest BCUT2D eigenvalue weighted by Gasteiger charge is -2.30. The van der Waals surface area contributed by atoms with Crippen LogP contribution in [0.3, 0.4) is 0 Å². The summed E-state index contributed by atoms with van der Waals surface area (Å²) in [5, 5.41) is 0.557. The van der Waals surface area contributed by atoms with Gasteiger partial charge in [0.2, 0.25) is 11.7 Å². The van der Waals surface area contributed by atoms with Gasteiger partial charge in [0.15, 0.2) is 5.92 Å². The van der Waals surface area contributed by atoms with Gasteiger partial charge in [-0.25, -0.2) is 9.79 Å². The molecule has 0 N–H and O–H groups in total. The number of para-hydroxylation sites is 1. The van der Waals surface area contributed by atoms with Crippen LogP contribution in [0.2, 0.25) is 0 Å². The molecule has 0 bridgehead atoms. The maximum absolute atomic E-state index is 13.1. The Hall–Kier alpha value is -2.81. The van der Waals surface area contributed by atoms with Gasteiger partial charge in [-0.3, -0.25) is 9.59 Å². The Kier molecular flexibility index (Phi) is 5.00. The number of hydrogen-bond acceptors (Lipinski definition) is 6. The van der Waals surface area contributed by atoms with Gasteiger partial charge < -0.3 is 4.90 Å². The van der Waals surface area contributed by atoms with E-state index < -0.39 is 11.9 Å². The summed E-state index contributed by atoms with van der Waals surface area (Å²) < 4.78 is 1.42. The molecular formula is C22H24N5O3S+. The summed E-state index contributed by atoms with van der Waals surface area (Å²) in [6.45, 7) is 0.692. The topological polar surface area (TPSA) is 85.4 Å². The summed E-state index contributed by atoms with van der Waals surface area (Å²) in [5.74, 6) is 0.457. The van der Waals surface area contributed by atoms with Gasteiger partial charge in [0, 0.05) is 18.2 Å².